The summed E-state index contributed by atoms with van der Waals surface area (Å²) in [6.45, 7) is 1.47. The van der Waals surface area contributed by atoms with Crippen LogP contribution in [0.4, 0.5) is 0 Å². The molecule has 15 heteroatoms. The molecule has 3 aromatic carbocycles. The second kappa shape index (κ2) is 17.3. The first-order valence-electron chi connectivity index (χ1n) is 22.0. The average molecular weight is 854 g/mol. The number of methoxy groups -OCH3 is 2. The molecule has 0 radical (unpaired) electrons. The molecule has 3 fully saturated rings. The Hall–Kier alpha value is -6.64. The minimum absolute atomic E-state index is 0.0333. The number of hydrogen-bond donors (Lipinski definition) is 2. The molecule has 5 aromatic rings. The van der Waals surface area contributed by atoms with Crippen molar-refractivity contribution in [3.05, 3.63) is 89.9 Å². The highest BCUT2D eigenvalue weighted by atomic mass is 16.7. The molecule has 3 amide bonds. The largest absolute Gasteiger partial charge is 0.493 e. The van der Waals surface area contributed by atoms with Gasteiger partial charge in [-0.05, 0) is 80.3 Å². The number of piperidine rings is 1. The van der Waals surface area contributed by atoms with E-state index in [1.54, 1.807) is 30.3 Å². The number of fused-ring (bicyclic) bond motifs is 3. The van der Waals surface area contributed by atoms with Crippen LogP contribution in [-0.4, -0.2) is 101 Å². The molecule has 2 saturated carbocycles. The van der Waals surface area contributed by atoms with Crippen LogP contribution in [0.2, 0.25) is 0 Å². The molecule has 2 aromatic heterocycles. The molecule has 1 saturated heterocycles. The Labute approximate surface area is 365 Å². The molecule has 2 aliphatic carbocycles. The third-order valence-corrected chi connectivity index (χ3v) is 13.2. The lowest BCUT2D eigenvalue weighted by Crippen LogP contribution is -2.55. The maximum absolute atomic E-state index is 14.6. The van der Waals surface area contributed by atoms with Gasteiger partial charge in [0.25, 0.3) is 5.91 Å². The molecule has 326 valence electrons. The number of nitrogens with one attached hydrogen (secondary N) is 2. The predicted octanol–water partition coefficient (Wildman–Crippen LogP) is 6.54. The summed E-state index contributed by atoms with van der Waals surface area (Å²) < 4.78 is 29.0. The number of aromatic nitrogens is 3. The number of amides is 3. The normalized spacial score (nSPS) is 20.2. The Morgan fingerprint density at radius 1 is 0.889 bits per heavy atom. The third kappa shape index (κ3) is 7.89. The smallest absolute Gasteiger partial charge is 0.255 e. The van der Waals surface area contributed by atoms with Crippen LogP contribution in [0.5, 0.6) is 28.7 Å². The molecular formula is C48H51N7O8. The van der Waals surface area contributed by atoms with Crippen LogP contribution in [0.25, 0.3) is 22.3 Å². The summed E-state index contributed by atoms with van der Waals surface area (Å²) in [5.41, 5.74) is 5.06. The van der Waals surface area contributed by atoms with Gasteiger partial charge in [0.05, 0.1) is 49.2 Å². The number of hydrazone groups is 1. The van der Waals surface area contributed by atoms with Crippen molar-refractivity contribution in [2.75, 3.05) is 40.7 Å². The zero-order chi connectivity index (χ0) is 43.0. The maximum Gasteiger partial charge on any atom is 0.255 e. The molecule has 15 nitrogen and oxygen atoms in total. The van der Waals surface area contributed by atoms with Crippen molar-refractivity contribution in [2.24, 2.45) is 22.9 Å². The summed E-state index contributed by atoms with van der Waals surface area (Å²) in [6, 6.07) is 18.1. The van der Waals surface area contributed by atoms with Gasteiger partial charge in [-0.15, -0.1) is 0 Å². The molecule has 5 heterocycles. The van der Waals surface area contributed by atoms with Crippen molar-refractivity contribution >= 4 is 34.5 Å². The standard InChI is InChI=1S/C48H51N7O8/c1-59-36-15-14-30(23-39(36)60-2)41-32-10-6-7-11-33(32)47(57)55(53-41)31-18-20-54(21-19-31)48(58)35(22-28-8-4-3-5-9-28)52-46(56)34-24-49-44-42(34)50-26-51-43(44)40-37(61-25-29-12-13-29)16-17-38-45(40)63-27-62-38/h3-5,8-9,14-17,23-24,26,29,31-33,35,49H,6-7,10-13,18-22,25,27H2,1-2H3,(H,52,56)/t32-,33+,35-/m1/s1. The minimum Gasteiger partial charge on any atom is -0.493 e. The van der Waals surface area contributed by atoms with Crippen molar-refractivity contribution < 1.29 is 38.1 Å². The highest BCUT2D eigenvalue weighted by molar-refractivity contribution is 6.09. The van der Waals surface area contributed by atoms with Gasteiger partial charge in [0.2, 0.25) is 18.6 Å². The second-order valence-electron chi connectivity index (χ2n) is 17.1. The first kappa shape index (κ1) is 40.4. The number of H-pyrrole nitrogens is 1. The van der Waals surface area contributed by atoms with E-state index in [0.717, 1.165) is 55.4 Å². The first-order chi connectivity index (χ1) is 30.9. The van der Waals surface area contributed by atoms with Crippen molar-refractivity contribution in [3.63, 3.8) is 0 Å². The molecular weight excluding hydrogens is 803 g/mol. The number of hydrogen-bond acceptors (Lipinski definition) is 11. The van der Waals surface area contributed by atoms with Crippen LogP contribution < -0.4 is 29.0 Å². The molecule has 0 bridgehead atoms. The van der Waals surface area contributed by atoms with E-state index in [-0.39, 0.29) is 48.5 Å². The topological polar surface area (TPSA) is 170 Å². The van der Waals surface area contributed by atoms with Crippen molar-refractivity contribution in [2.45, 2.75) is 69.9 Å². The number of ether oxygens (including phenoxy) is 5. The summed E-state index contributed by atoms with van der Waals surface area (Å²) in [7, 11) is 3.23. The molecule has 0 unspecified atom stereocenters. The fourth-order valence-electron chi connectivity index (χ4n) is 9.62. The van der Waals surface area contributed by atoms with Gasteiger partial charge < -0.3 is 38.9 Å². The van der Waals surface area contributed by atoms with E-state index in [1.165, 1.54) is 6.33 Å². The van der Waals surface area contributed by atoms with E-state index < -0.39 is 11.9 Å². The number of carbonyl (C=O) groups is 3. The van der Waals surface area contributed by atoms with Crippen molar-refractivity contribution in [1.29, 1.82) is 0 Å². The van der Waals surface area contributed by atoms with Crippen LogP contribution in [0.1, 0.15) is 72.9 Å². The molecule has 5 aliphatic rings. The van der Waals surface area contributed by atoms with Crippen LogP contribution in [0.3, 0.4) is 0 Å². The molecule has 3 aliphatic heterocycles. The van der Waals surface area contributed by atoms with E-state index in [2.05, 4.69) is 20.3 Å². The first-order valence-corrected chi connectivity index (χ1v) is 22.0. The monoisotopic (exact) mass is 853 g/mol. The van der Waals surface area contributed by atoms with Gasteiger partial charge >= 0.3 is 0 Å². The van der Waals surface area contributed by atoms with E-state index in [9.17, 15) is 14.4 Å². The van der Waals surface area contributed by atoms with Gasteiger partial charge in [-0.2, -0.15) is 5.10 Å². The second-order valence-corrected chi connectivity index (χ2v) is 17.1. The van der Waals surface area contributed by atoms with E-state index in [4.69, 9.17) is 28.8 Å². The van der Waals surface area contributed by atoms with E-state index >= 15 is 0 Å². The Kier molecular flexibility index (Phi) is 11.1. The quantitative estimate of drug-likeness (QED) is 0.133. The van der Waals surface area contributed by atoms with Crippen molar-refractivity contribution in [3.8, 4) is 40.0 Å². The molecule has 63 heavy (non-hydrogen) atoms. The van der Waals surface area contributed by atoms with Crippen LogP contribution in [0, 0.1) is 17.8 Å². The van der Waals surface area contributed by atoms with E-state index in [0.29, 0.717) is 89.5 Å². The third-order valence-electron chi connectivity index (χ3n) is 13.2. The number of nitrogens with zero attached hydrogens (tertiary/aromatic N) is 5. The summed E-state index contributed by atoms with van der Waals surface area (Å²) >= 11 is 0. The van der Waals surface area contributed by atoms with Gasteiger partial charge in [-0.25, -0.2) is 15.0 Å². The molecule has 0 spiro atoms. The number of benzene rings is 3. The highest BCUT2D eigenvalue weighted by Crippen LogP contribution is 2.48. The van der Waals surface area contributed by atoms with Crippen LogP contribution in [0.15, 0.2) is 78.3 Å². The molecule has 10 rings (SSSR count). The Balaban J connectivity index is 0.888. The van der Waals surface area contributed by atoms with Gasteiger partial charge in [0.15, 0.2) is 23.0 Å². The zero-order valence-corrected chi connectivity index (χ0v) is 35.5. The summed E-state index contributed by atoms with van der Waals surface area (Å²) in [6.07, 6.45) is 10.5. The van der Waals surface area contributed by atoms with Gasteiger partial charge in [-0.3, -0.25) is 14.4 Å². The average Bonchev–Trinajstić information content (AvgIpc) is 3.85. The van der Waals surface area contributed by atoms with Crippen molar-refractivity contribution in [1.82, 2.24) is 30.2 Å². The van der Waals surface area contributed by atoms with E-state index in [1.807, 2.05) is 60.7 Å². The van der Waals surface area contributed by atoms with Crippen LogP contribution in [-0.2, 0) is 16.0 Å². The Bertz CT molecular complexity index is 2570. The minimum atomic E-state index is -0.873. The molecule has 2 N–H and O–H groups in total. The number of carbonyl (C=O) groups excluding carboxylic acids is 3. The predicted molar refractivity (Wildman–Crippen MR) is 233 cm³/mol. The summed E-state index contributed by atoms with van der Waals surface area (Å²) in [5.74, 6) is 2.80. The summed E-state index contributed by atoms with van der Waals surface area (Å²) in [4.78, 5) is 57.3. The lowest BCUT2D eigenvalue weighted by Gasteiger charge is -2.43. The number of rotatable bonds is 13. The number of likely N-dealkylation sites (tertiary alicyclic amines) is 1. The lowest BCUT2D eigenvalue weighted by atomic mass is 9.73. The number of aromatic amines is 1. The van der Waals surface area contributed by atoms with Crippen LogP contribution >= 0.6 is 0 Å². The Morgan fingerprint density at radius 2 is 1.67 bits per heavy atom. The Morgan fingerprint density at radius 3 is 2.44 bits per heavy atom. The zero-order valence-electron chi connectivity index (χ0n) is 35.5. The molecule has 3 atom stereocenters. The fraction of sp³-hybridized carbons (Fsp3) is 0.417. The highest BCUT2D eigenvalue weighted by Gasteiger charge is 2.44. The fourth-order valence-corrected chi connectivity index (χ4v) is 9.62. The van der Waals surface area contributed by atoms with Gasteiger partial charge in [-0.1, -0.05) is 43.2 Å². The summed E-state index contributed by atoms with van der Waals surface area (Å²) in [5, 5.41) is 9.89. The SMILES string of the molecule is COc1ccc(C2=NN(C3CCN(C(=O)[C@@H](Cc4ccccc4)NC(=O)c4c[nH]c5c(-c6c(OCC7CC7)ccc7c6OCO7)ncnc45)CC3)C(=O)[C@H]3CCCC[C@@H]23)cc1OC. The lowest BCUT2D eigenvalue weighted by molar-refractivity contribution is -0.143. The van der Waals surface area contributed by atoms with Gasteiger partial charge in [0.1, 0.15) is 29.3 Å². The van der Waals surface area contributed by atoms with Gasteiger partial charge in [0, 0.05) is 43.1 Å². The maximum atomic E-state index is 14.6.